The third-order valence-corrected chi connectivity index (χ3v) is 3.52. The van der Waals surface area contributed by atoms with Crippen molar-refractivity contribution in [1.82, 2.24) is 0 Å². The van der Waals surface area contributed by atoms with Gasteiger partial charge in [0.25, 0.3) is 0 Å². The molecule has 1 amide bonds. The largest absolute Gasteiger partial charge is 0.362 e. The zero-order valence-corrected chi connectivity index (χ0v) is 13.3. The first-order valence-corrected chi connectivity index (χ1v) is 7.41. The van der Waals surface area contributed by atoms with E-state index >= 15 is 0 Å². The fourth-order valence-electron chi connectivity index (χ4n) is 2.12. The molecule has 0 heterocycles. The molecule has 0 aliphatic carbocycles. The van der Waals surface area contributed by atoms with Gasteiger partial charge in [0.15, 0.2) is 0 Å². The number of carbonyl (C=O) groups excluding carboxylic acids is 1. The molecule has 0 aromatic heterocycles. The summed E-state index contributed by atoms with van der Waals surface area (Å²) >= 11 is 5.89. The molecule has 0 aliphatic heterocycles. The van der Waals surface area contributed by atoms with Crippen molar-refractivity contribution >= 4 is 28.9 Å². The van der Waals surface area contributed by atoms with Crippen molar-refractivity contribution in [2.75, 3.05) is 23.3 Å². The molecule has 2 aromatic carbocycles. The summed E-state index contributed by atoms with van der Waals surface area (Å²) in [6.45, 7) is 2.57. The fourth-order valence-corrected chi connectivity index (χ4v) is 2.29. The van der Waals surface area contributed by atoms with Gasteiger partial charge < -0.3 is 10.2 Å². The molecule has 0 fully saturated rings. The van der Waals surface area contributed by atoms with Gasteiger partial charge in [0.1, 0.15) is 11.9 Å². The van der Waals surface area contributed by atoms with Gasteiger partial charge in [-0.3, -0.25) is 4.79 Å². The molecular formula is C17H15ClFN3O. The number of rotatable bonds is 5. The first kappa shape index (κ1) is 16.8. The second-order valence-electron chi connectivity index (χ2n) is 4.84. The number of nitrogens with zero attached hydrogens (tertiary/aromatic N) is 2. The molecule has 0 radical (unpaired) electrons. The Morgan fingerprint density at radius 1 is 1.30 bits per heavy atom. The molecule has 0 bridgehead atoms. The predicted octanol–water partition coefficient (Wildman–Crippen LogP) is 3.82. The highest BCUT2D eigenvalue weighted by atomic mass is 35.5. The summed E-state index contributed by atoms with van der Waals surface area (Å²) in [4.78, 5) is 14.0. The van der Waals surface area contributed by atoms with Crippen LogP contribution in [-0.2, 0) is 4.79 Å². The molecule has 2 aromatic rings. The van der Waals surface area contributed by atoms with Crippen molar-refractivity contribution in [2.24, 2.45) is 0 Å². The minimum atomic E-state index is -0.327. The summed E-state index contributed by atoms with van der Waals surface area (Å²) in [5, 5.41) is 12.2. The predicted molar refractivity (Wildman–Crippen MR) is 89.1 cm³/mol. The molecule has 0 spiro atoms. The first-order valence-electron chi connectivity index (χ1n) is 7.03. The number of halogens is 2. The van der Waals surface area contributed by atoms with Gasteiger partial charge in [-0.15, -0.1) is 0 Å². The zero-order valence-electron chi connectivity index (χ0n) is 12.5. The smallest absolute Gasteiger partial charge is 0.243 e. The van der Waals surface area contributed by atoms with E-state index in [2.05, 4.69) is 5.32 Å². The van der Waals surface area contributed by atoms with E-state index in [1.54, 1.807) is 29.2 Å². The normalized spacial score (nSPS) is 10.0. The molecule has 23 heavy (non-hydrogen) atoms. The minimum absolute atomic E-state index is 0.0829. The molecular weight excluding hydrogens is 317 g/mol. The number of nitriles is 1. The van der Waals surface area contributed by atoms with E-state index in [-0.39, 0.29) is 18.3 Å². The zero-order chi connectivity index (χ0) is 16.8. The number of hydrogen-bond donors (Lipinski definition) is 1. The van der Waals surface area contributed by atoms with Crippen molar-refractivity contribution in [1.29, 1.82) is 5.26 Å². The summed E-state index contributed by atoms with van der Waals surface area (Å²) in [5.74, 6) is -0.609. The maximum absolute atomic E-state index is 13.0. The SMILES string of the molecule is CCN(CC(=O)Nc1cc(Cl)ccc1C#N)c1ccc(F)cc1. The molecule has 0 aliphatic rings. The van der Waals surface area contributed by atoms with Gasteiger partial charge in [0.05, 0.1) is 17.8 Å². The van der Waals surface area contributed by atoms with Gasteiger partial charge in [-0.1, -0.05) is 11.6 Å². The Balaban J connectivity index is 2.10. The monoisotopic (exact) mass is 331 g/mol. The van der Waals surface area contributed by atoms with E-state index in [1.807, 2.05) is 13.0 Å². The van der Waals surface area contributed by atoms with E-state index in [4.69, 9.17) is 16.9 Å². The number of carbonyl (C=O) groups is 1. The Morgan fingerprint density at radius 2 is 2.00 bits per heavy atom. The lowest BCUT2D eigenvalue weighted by molar-refractivity contribution is -0.115. The van der Waals surface area contributed by atoms with Crippen LogP contribution in [0.2, 0.25) is 5.02 Å². The highest BCUT2D eigenvalue weighted by Crippen LogP contribution is 2.21. The van der Waals surface area contributed by atoms with Crippen LogP contribution in [0.25, 0.3) is 0 Å². The summed E-state index contributed by atoms with van der Waals surface area (Å²) < 4.78 is 13.0. The molecule has 118 valence electrons. The lowest BCUT2D eigenvalue weighted by Gasteiger charge is -2.22. The molecule has 1 N–H and O–H groups in total. The van der Waals surface area contributed by atoms with Crippen LogP contribution in [0.3, 0.4) is 0 Å². The number of amides is 1. The van der Waals surface area contributed by atoms with Crippen LogP contribution in [0.15, 0.2) is 42.5 Å². The Hall–Kier alpha value is -2.58. The van der Waals surface area contributed by atoms with Crippen molar-refractivity contribution in [3.05, 3.63) is 58.9 Å². The van der Waals surface area contributed by atoms with E-state index in [9.17, 15) is 9.18 Å². The molecule has 6 heteroatoms. The van der Waals surface area contributed by atoms with Crippen LogP contribution in [0.1, 0.15) is 12.5 Å². The number of anilines is 2. The average Bonchev–Trinajstić information content (AvgIpc) is 2.54. The third kappa shape index (κ3) is 4.44. The molecule has 0 saturated heterocycles. The van der Waals surface area contributed by atoms with Crippen LogP contribution in [0, 0.1) is 17.1 Å². The van der Waals surface area contributed by atoms with Crippen molar-refractivity contribution in [3.8, 4) is 6.07 Å². The number of likely N-dealkylation sites (N-methyl/N-ethyl adjacent to an activating group) is 1. The number of nitrogens with one attached hydrogen (secondary N) is 1. The van der Waals surface area contributed by atoms with Gasteiger partial charge in [0.2, 0.25) is 5.91 Å². The summed E-state index contributed by atoms with van der Waals surface area (Å²) in [6.07, 6.45) is 0. The second kappa shape index (κ2) is 7.61. The van der Waals surface area contributed by atoms with E-state index < -0.39 is 0 Å². The molecule has 0 unspecified atom stereocenters. The lowest BCUT2D eigenvalue weighted by atomic mass is 10.2. The van der Waals surface area contributed by atoms with Crippen molar-refractivity contribution in [3.63, 3.8) is 0 Å². The van der Waals surface area contributed by atoms with Gasteiger partial charge in [0, 0.05) is 17.3 Å². The Kier molecular flexibility index (Phi) is 5.56. The van der Waals surface area contributed by atoms with Gasteiger partial charge in [-0.25, -0.2) is 4.39 Å². The van der Waals surface area contributed by atoms with Crippen LogP contribution >= 0.6 is 11.6 Å². The molecule has 2 rings (SSSR count). The van der Waals surface area contributed by atoms with Gasteiger partial charge >= 0.3 is 0 Å². The highest BCUT2D eigenvalue weighted by molar-refractivity contribution is 6.31. The minimum Gasteiger partial charge on any atom is -0.362 e. The molecule has 0 atom stereocenters. The molecule has 4 nitrogen and oxygen atoms in total. The lowest BCUT2D eigenvalue weighted by Crippen LogP contribution is -2.33. The first-order chi connectivity index (χ1) is 11.0. The summed E-state index contributed by atoms with van der Waals surface area (Å²) in [7, 11) is 0. The second-order valence-corrected chi connectivity index (χ2v) is 5.28. The van der Waals surface area contributed by atoms with Gasteiger partial charge in [-0.2, -0.15) is 5.26 Å². The Labute approximate surface area is 139 Å². The van der Waals surface area contributed by atoms with Crippen LogP contribution in [-0.4, -0.2) is 19.0 Å². The topological polar surface area (TPSA) is 56.1 Å². The van der Waals surface area contributed by atoms with Crippen LogP contribution < -0.4 is 10.2 Å². The average molecular weight is 332 g/mol. The van der Waals surface area contributed by atoms with Crippen molar-refractivity contribution < 1.29 is 9.18 Å². The Morgan fingerprint density at radius 3 is 2.61 bits per heavy atom. The standard InChI is InChI=1S/C17H15ClFN3O/c1-2-22(15-7-5-14(19)6-8-15)11-17(23)21-16-9-13(18)4-3-12(16)10-20/h3-9H,2,11H2,1H3,(H,21,23). The number of hydrogen-bond acceptors (Lipinski definition) is 3. The highest BCUT2D eigenvalue weighted by Gasteiger charge is 2.12. The third-order valence-electron chi connectivity index (χ3n) is 3.28. The van der Waals surface area contributed by atoms with Crippen LogP contribution in [0.5, 0.6) is 0 Å². The maximum atomic E-state index is 13.0. The Bertz CT molecular complexity index is 740. The van der Waals surface area contributed by atoms with Gasteiger partial charge in [-0.05, 0) is 49.4 Å². The van der Waals surface area contributed by atoms with E-state index in [0.717, 1.165) is 5.69 Å². The fraction of sp³-hybridized carbons (Fsp3) is 0.176. The van der Waals surface area contributed by atoms with E-state index in [1.165, 1.54) is 18.2 Å². The van der Waals surface area contributed by atoms with E-state index in [0.29, 0.717) is 22.8 Å². The van der Waals surface area contributed by atoms with Crippen molar-refractivity contribution in [2.45, 2.75) is 6.92 Å². The van der Waals surface area contributed by atoms with Crippen LogP contribution in [0.4, 0.5) is 15.8 Å². The summed E-state index contributed by atoms with van der Waals surface area (Å²) in [5.41, 5.74) is 1.46. The summed E-state index contributed by atoms with van der Waals surface area (Å²) in [6, 6.07) is 12.6. The molecule has 0 saturated carbocycles. The maximum Gasteiger partial charge on any atom is 0.243 e. The quantitative estimate of drug-likeness (QED) is 0.906. The number of benzene rings is 2.